The molecule has 1 aromatic rings. The molecule has 1 aromatic carbocycles. The van der Waals surface area contributed by atoms with Gasteiger partial charge in [-0.2, -0.15) is 0 Å². The van der Waals surface area contributed by atoms with Gasteiger partial charge in [-0.3, -0.25) is 0 Å². The number of urea groups is 1. The van der Waals surface area contributed by atoms with Gasteiger partial charge in [0.2, 0.25) is 0 Å². The number of amidine groups is 1. The van der Waals surface area contributed by atoms with Crippen LogP contribution in [0.2, 0.25) is 0 Å². The molecule has 0 saturated carbocycles. The summed E-state index contributed by atoms with van der Waals surface area (Å²) in [5.74, 6) is 0.480. The number of rotatable bonds is 5. The Morgan fingerprint density at radius 1 is 1.56 bits per heavy atom. The van der Waals surface area contributed by atoms with Gasteiger partial charge in [0, 0.05) is 18.3 Å². The van der Waals surface area contributed by atoms with Crippen LogP contribution in [0.15, 0.2) is 29.4 Å². The van der Waals surface area contributed by atoms with Crippen LogP contribution in [0.4, 0.5) is 10.5 Å². The molecule has 5 N–H and O–H groups in total. The van der Waals surface area contributed by atoms with E-state index in [1.807, 2.05) is 6.92 Å². The van der Waals surface area contributed by atoms with Crippen molar-refractivity contribution in [3.8, 4) is 5.75 Å². The van der Waals surface area contributed by atoms with Gasteiger partial charge in [-0.1, -0.05) is 11.2 Å². The maximum atomic E-state index is 11.3. The van der Waals surface area contributed by atoms with Crippen LogP contribution in [0.25, 0.3) is 0 Å². The minimum Gasteiger partial charge on any atom is -0.485 e. The SMILES string of the molecule is CCNC(=O)Nc1cccc(OC/C(N)=N/O)c1. The Labute approximate surface area is 105 Å². The summed E-state index contributed by atoms with van der Waals surface area (Å²) in [5.41, 5.74) is 5.87. The number of carbonyl (C=O) groups excluding carboxylic acids is 1. The number of nitrogens with two attached hydrogens (primary N) is 1. The molecule has 7 heteroatoms. The number of ether oxygens (including phenoxy) is 1. The van der Waals surface area contributed by atoms with E-state index >= 15 is 0 Å². The van der Waals surface area contributed by atoms with E-state index in [4.69, 9.17) is 15.7 Å². The Balaban J connectivity index is 2.59. The highest BCUT2D eigenvalue weighted by Gasteiger charge is 2.02. The molecule has 0 atom stereocenters. The second-order valence-corrected chi connectivity index (χ2v) is 3.39. The van der Waals surface area contributed by atoms with Crippen molar-refractivity contribution in [3.05, 3.63) is 24.3 Å². The summed E-state index contributed by atoms with van der Waals surface area (Å²) in [5, 5.41) is 16.4. The molecular formula is C11H16N4O3. The van der Waals surface area contributed by atoms with E-state index in [9.17, 15) is 4.79 Å². The number of benzene rings is 1. The lowest BCUT2D eigenvalue weighted by Crippen LogP contribution is -2.28. The average Bonchev–Trinajstić information content (AvgIpc) is 2.36. The average molecular weight is 252 g/mol. The maximum absolute atomic E-state index is 11.3. The van der Waals surface area contributed by atoms with E-state index in [2.05, 4.69) is 15.8 Å². The standard InChI is InChI=1S/C11H16N4O3/c1-2-13-11(16)14-8-4-3-5-9(6-8)18-7-10(12)15-17/h3-6,17H,2,7H2,1H3,(H2,12,15)(H2,13,14,16). The molecule has 0 aliphatic heterocycles. The topological polar surface area (TPSA) is 109 Å². The first kappa shape index (κ1) is 13.6. The van der Waals surface area contributed by atoms with Gasteiger partial charge < -0.3 is 26.3 Å². The van der Waals surface area contributed by atoms with E-state index in [0.717, 1.165) is 0 Å². The fourth-order valence-corrected chi connectivity index (χ4v) is 1.19. The third-order valence-corrected chi connectivity index (χ3v) is 1.94. The highest BCUT2D eigenvalue weighted by Crippen LogP contribution is 2.17. The number of hydrogen-bond acceptors (Lipinski definition) is 4. The molecule has 0 unspecified atom stereocenters. The first-order valence-electron chi connectivity index (χ1n) is 5.39. The Bertz CT molecular complexity index is 434. The Hall–Kier alpha value is -2.44. The predicted octanol–water partition coefficient (Wildman–Crippen LogP) is 0.953. The van der Waals surface area contributed by atoms with Crippen LogP contribution in [0.5, 0.6) is 5.75 Å². The quantitative estimate of drug-likeness (QED) is 0.271. The molecule has 0 aliphatic rings. The van der Waals surface area contributed by atoms with Crippen LogP contribution in [0, 0.1) is 0 Å². The lowest BCUT2D eigenvalue weighted by Gasteiger charge is -2.08. The zero-order valence-corrected chi connectivity index (χ0v) is 10.0. The van der Waals surface area contributed by atoms with Crippen molar-refractivity contribution in [3.63, 3.8) is 0 Å². The van der Waals surface area contributed by atoms with E-state index in [-0.39, 0.29) is 18.5 Å². The monoisotopic (exact) mass is 252 g/mol. The molecule has 18 heavy (non-hydrogen) atoms. The minimum absolute atomic E-state index is 0.0267. The third-order valence-electron chi connectivity index (χ3n) is 1.94. The summed E-state index contributed by atoms with van der Waals surface area (Å²) in [6.07, 6.45) is 0. The molecule has 0 spiro atoms. The van der Waals surface area contributed by atoms with Crippen molar-refractivity contribution < 1.29 is 14.7 Å². The number of oxime groups is 1. The van der Waals surface area contributed by atoms with Crippen LogP contribution in [-0.4, -0.2) is 30.2 Å². The van der Waals surface area contributed by atoms with Gasteiger partial charge in [0.25, 0.3) is 0 Å². The minimum atomic E-state index is -0.286. The molecule has 0 heterocycles. The van der Waals surface area contributed by atoms with Gasteiger partial charge in [-0.25, -0.2) is 4.79 Å². The van der Waals surface area contributed by atoms with Gasteiger partial charge in [0.1, 0.15) is 12.4 Å². The summed E-state index contributed by atoms with van der Waals surface area (Å²) >= 11 is 0. The van der Waals surface area contributed by atoms with E-state index in [0.29, 0.717) is 18.0 Å². The number of hydrogen-bond donors (Lipinski definition) is 4. The second-order valence-electron chi connectivity index (χ2n) is 3.39. The summed E-state index contributed by atoms with van der Waals surface area (Å²) in [4.78, 5) is 11.3. The summed E-state index contributed by atoms with van der Waals surface area (Å²) in [7, 11) is 0. The first-order chi connectivity index (χ1) is 8.65. The number of nitrogens with one attached hydrogen (secondary N) is 2. The maximum Gasteiger partial charge on any atom is 0.319 e. The van der Waals surface area contributed by atoms with Gasteiger partial charge in [-0.15, -0.1) is 0 Å². The molecule has 98 valence electrons. The molecule has 0 aliphatic carbocycles. The largest absolute Gasteiger partial charge is 0.485 e. The predicted molar refractivity (Wildman–Crippen MR) is 68.0 cm³/mol. The molecule has 0 aromatic heterocycles. The van der Waals surface area contributed by atoms with Crippen LogP contribution in [-0.2, 0) is 0 Å². The van der Waals surface area contributed by atoms with Gasteiger partial charge in [-0.05, 0) is 19.1 Å². The fraction of sp³-hybridized carbons (Fsp3) is 0.273. The Morgan fingerprint density at radius 2 is 2.33 bits per heavy atom. The van der Waals surface area contributed by atoms with E-state index in [1.54, 1.807) is 24.3 Å². The van der Waals surface area contributed by atoms with Crippen molar-refractivity contribution >= 4 is 17.6 Å². The van der Waals surface area contributed by atoms with Crippen molar-refractivity contribution in [1.82, 2.24) is 5.32 Å². The summed E-state index contributed by atoms with van der Waals surface area (Å²) < 4.78 is 5.25. The molecule has 0 bridgehead atoms. The van der Waals surface area contributed by atoms with Crippen LogP contribution in [0.1, 0.15) is 6.92 Å². The van der Waals surface area contributed by atoms with Crippen LogP contribution < -0.4 is 21.1 Å². The van der Waals surface area contributed by atoms with E-state index < -0.39 is 0 Å². The van der Waals surface area contributed by atoms with E-state index in [1.165, 1.54) is 0 Å². The summed E-state index contributed by atoms with van der Waals surface area (Å²) in [6.45, 7) is 2.35. The van der Waals surface area contributed by atoms with Crippen molar-refractivity contribution in [2.75, 3.05) is 18.5 Å². The number of anilines is 1. The molecule has 0 saturated heterocycles. The number of nitrogens with zero attached hydrogens (tertiary/aromatic N) is 1. The van der Waals surface area contributed by atoms with Gasteiger partial charge in [0.15, 0.2) is 5.84 Å². The smallest absolute Gasteiger partial charge is 0.319 e. The number of amides is 2. The normalized spacial score (nSPS) is 10.8. The fourth-order valence-electron chi connectivity index (χ4n) is 1.19. The van der Waals surface area contributed by atoms with Crippen molar-refractivity contribution in [1.29, 1.82) is 0 Å². The van der Waals surface area contributed by atoms with Crippen molar-refractivity contribution in [2.24, 2.45) is 10.9 Å². The molecule has 1 rings (SSSR count). The zero-order valence-electron chi connectivity index (χ0n) is 10.0. The summed E-state index contributed by atoms with van der Waals surface area (Å²) in [6, 6.07) is 6.51. The lowest BCUT2D eigenvalue weighted by atomic mass is 10.3. The molecule has 0 radical (unpaired) electrons. The second kappa shape index (κ2) is 7.00. The Kier molecular flexibility index (Phi) is 5.30. The molecule has 7 nitrogen and oxygen atoms in total. The molecular weight excluding hydrogens is 236 g/mol. The highest BCUT2D eigenvalue weighted by molar-refractivity contribution is 5.89. The first-order valence-corrected chi connectivity index (χ1v) is 5.39. The van der Waals surface area contributed by atoms with Crippen molar-refractivity contribution in [2.45, 2.75) is 6.92 Å². The molecule has 0 fully saturated rings. The molecule has 2 amide bonds. The highest BCUT2D eigenvalue weighted by atomic mass is 16.5. The Morgan fingerprint density at radius 3 is 3.00 bits per heavy atom. The number of carbonyl (C=O) groups is 1. The van der Waals surface area contributed by atoms with Gasteiger partial charge in [0.05, 0.1) is 0 Å². The van der Waals surface area contributed by atoms with Crippen LogP contribution >= 0.6 is 0 Å². The zero-order chi connectivity index (χ0) is 13.4. The van der Waals surface area contributed by atoms with Crippen LogP contribution in [0.3, 0.4) is 0 Å². The van der Waals surface area contributed by atoms with Gasteiger partial charge >= 0.3 is 6.03 Å². The lowest BCUT2D eigenvalue weighted by molar-refractivity contribution is 0.252. The third kappa shape index (κ3) is 4.60.